The molecule has 0 aliphatic rings. The maximum absolute atomic E-state index is 4.06. The van der Waals surface area contributed by atoms with Gasteiger partial charge in [0.2, 0.25) is 0 Å². The molecule has 0 saturated heterocycles. The Balaban J connectivity index is 3.67. The van der Waals surface area contributed by atoms with Crippen molar-refractivity contribution in [2.45, 2.75) is 6.92 Å². The normalized spacial score (nSPS) is 12.4. The molecule has 0 atom stereocenters. The quantitative estimate of drug-likeness (QED) is 0.327. The molecule has 0 N–H and O–H groups in total. The average Bonchev–Trinajstić information content (AvgIpc) is 1.89. The molecular weight excluding hydrogens is 130 g/mol. The van der Waals surface area contributed by atoms with Gasteiger partial charge in [0.05, 0.1) is 5.04 Å². The number of thioether (sulfide) groups is 1. The van der Waals surface area contributed by atoms with Gasteiger partial charge in [0, 0.05) is 6.20 Å². The van der Waals surface area contributed by atoms with E-state index in [1.54, 1.807) is 30.1 Å². The summed E-state index contributed by atoms with van der Waals surface area (Å²) in [7, 11) is 0. The second kappa shape index (κ2) is 5.63. The highest BCUT2D eigenvalue weighted by Gasteiger charge is 1.78. The third-order valence-corrected chi connectivity index (χ3v) is 1.47. The van der Waals surface area contributed by atoms with Crippen molar-refractivity contribution >= 4 is 16.8 Å². The molecule has 0 radical (unpaired) electrons. The van der Waals surface area contributed by atoms with Crippen molar-refractivity contribution in [2.75, 3.05) is 6.26 Å². The minimum absolute atomic E-state index is 1.06. The van der Waals surface area contributed by atoms with Crippen LogP contribution < -0.4 is 0 Å². The van der Waals surface area contributed by atoms with Crippen LogP contribution in [0.5, 0.6) is 0 Å². The van der Waals surface area contributed by atoms with Gasteiger partial charge in [-0.15, -0.1) is 11.8 Å². The lowest BCUT2D eigenvalue weighted by atomic mass is 10.6. The van der Waals surface area contributed by atoms with E-state index in [4.69, 9.17) is 0 Å². The van der Waals surface area contributed by atoms with Crippen LogP contribution in [0.2, 0.25) is 0 Å². The fraction of sp³-hybridized carbons (Fsp3) is 0.286. The molecule has 0 unspecified atom stereocenters. The Kier molecular flexibility index (Phi) is 5.32. The Morgan fingerprint density at radius 2 is 2.33 bits per heavy atom. The molecule has 0 aromatic carbocycles. The predicted molar refractivity (Wildman–Crippen MR) is 46.0 cm³/mol. The topological polar surface area (TPSA) is 12.4 Å². The van der Waals surface area contributed by atoms with E-state index in [0.29, 0.717) is 0 Å². The molecule has 0 aromatic rings. The summed E-state index contributed by atoms with van der Waals surface area (Å²) in [6.45, 7) is 5.49. The maximum atomic E-state index is 4.06. The van der Waals surface area contributed by atoms with Crippen molar-refractivity contribution in [3.8, 4) is 0 Å². The van der Waals surface area contributed by atoms with Crippen LogP contribution in [-0.4, -0.2) is 11.3 Å². The molecule has 0 spiro atoms. The zero-order valence-electron chi connectivity index (χ0n) is 5.79. The third-order valence-electron chi connectivity index (χ3n) is 0.774. The smallest absolute Gasteiger partial charge is 0.0697 e. The number of nitrogens with zero attached hydrogens (tertiary/aromatic N) is 1. The molecule has 0 aliphatic heterocycles. The Morgan fingerprint density at radius 3 is 2.78 bits per heavy atom. The second-order valence-corrected chi connectivity index (χ2v) is 2.43. The Morgan fingerprint density at radius 1 is 1.67 bits per heavy atom. The summed E-state index contributed by atoms with van der Waals surface area (Å²) < 4.78 is 0. The third kappa shape index (κ3) is 5.37. The van der Waals surface area contributed by atoms with Crippen LogP contribution in [-0.2, 0) is 0 Å². The maximum Gasteiger partial charge on any atom is 0.0697 e. The molecule has 0 amide bonds. The van der Waals surface area contributed by atoms with Crippen LogP contribution in [0, 0.1) is 0 Å². The van der Waals surface area contributed by atoms with E-state index in [2.05, 4.69) is 11.6 Å². The first-order chi connectivity index (χ1) is 4.31. The van der Waals surface area contributed by atoms with Gasteiger partial charge in [0.25, 0.3) is 0 Å². The van der Waals surface area contributed by atoms with Gasteiger partial charge in [-0.2, -0.15) is 0 Å². The summed E-state index contributed by atoms with van der Waals surface area (Å²) >= 11 is 1.64. The molecule has 0 aromatic heterocycles. The zero-order valence-corrected chi connectivity index (χ0v) is 6.61. The van der Waals surface area contributed by atoms with Crippen molar-refractivity contribution in [2.24, 2.45) is 4.99 Å². The summed E-state index contributed by atoms with van der Waals surface area (Å²) in [5.74, 6) is 0. The monoisotopic (exact) mass is 141 g/mol. The highest BCUT2D eigenvalue weighted by atomic mass is 32.2. The summed E-state index contributed by atoms with van der Waals surface area (Å²) in [6, 6.07) is 0. The molecule has 9 heavy (non-hydrogen) atoms. The van der Waals surface area contributed by atoms with Gasteiger partial charge in [-0.05, 0) is 19.3 Å². The standard InChI is InChI=1S/C7H11NS/c1-4-5-6-8-7(2)9-3/h4-6H,1H2,2-3H3/b6-5-,8-7?. The van der Waals surface area contributed by atoms with Gasteiger partial charge in [-0.25, -0.2) is 0 Å². The molecule has 1 nitrogen and oxygen atoms in total. The largest absolute Gasteiger partial charge is 0.255 e. The van der Waals surface area contributed by atoms with E-state index in [1.165, 1.54) is 0 Å². The summed E-state index contributed by atoms with van der Waals surface area (Å²) in [4.78, 5) is 4.06. The minimum Gasteiger partial charge on any atom is -0.255 e. The van der Waals surface area contributed by atoms with E-state index in [-0.39, 0.29) is 0 Å². The number of rotatable bonds is 2. The van der Waals surface area contributed by atoms with Gasteiger partial charge in [-0.1, -0.05) is 12.7 Å². The van der Waals surface area contributed by atoms with E-state index < -0.39 is 0 Å². The Bertz CT molecular complexity index is 136. The molecule has 2 heteroatoms. The highest BCUT2D eigenvalue weighted by molar-refractivity contribution is 8.13. The van der Waals surface area contributed by atoms with Gasteiger partial charge in [0.1, 0.15) is 0 Å². The Hall–Kier alpha value is -0.500. The van der Waals surface area contributed by atoms with Crippen LogP contribution in [0.15, 0.2) is 29.9 Å². The lowest BCUT2D eigenvalue weighted by Gasteiger charge is -1.86. The summed E-state index contributed by atoms with van der Waals surface area (Å²) in [5.41, 5.74) is 0. The average molecular weight is 141 g/mol. The van der Waals surface area contributed by atoms with Crippen LogP contribution in [0.1, 0.15) is 6.92 Å². The molecule has 0 heterocycles. The SMILES string of the molecule is C=C/C=C\N=C(C)SC. The van der Waals surface area contributed by atoms with Crippen LogP contribution in [0.25, 0.3) is 0 Å². The molecule has 0 aliphatic carbocycles. The molecule has 0 bridgehead atoms. The van der Waals surface area contributed by atoms with Gasteiger partial charge < -0.3 is 0 Å². The number of aliphatic imine (C=N–C) groups is 1. The van der Waals surface area contributed by atoms with Crippen molar-refractivity contribution in [3.63, 3.8) is 0 Å². The molecule has 0 saturated carbocycles. The van der Waals surface area contributed by atoms with Crippen molar-refractivity contribution < 1.29 is 0 Å². The zero-order chi connectivity index (χ0) is 7.11. The fourth-order valence-corrected chi connectivity index (χ4v) is 0.428. The summed E-state index contributed by atoms with van der Waals surface area (Å²) in [5, 5.41) is 1.06. The highest BCUT2D eigenvalue weighted by Crippen LogP contribution is 1.96. The van der Waals surface area contributed by atoms with E-state index in [1.807, 2.05) is 13.2 Å². The lowest BCUT2D eigenvalue weighted by Crippen LogP contribution is -1.76. The number of hydrogen-bond acceptors (Lipinski definition) is 2. The van der Waals surface area contributed by atoms with Crippen LogP contribution in [0.3, 0.4) is 0 Å². The van der Waals surface area contributed by atoms with E-state index >= 15 is 0 Å². The minimum atomic E-state index is 1.06. The van der Waals surface area contributed by atoms with Gasteiger partial charge >= 0.3 is 0 Å². The lowest BCUT2D eigenvalue weighted by molar-refractivity contribution is 1.57. The van der Waals surface area contributed by atoms with E-state index in [9.17, 15) is 0 Å². The van der Waals surface area contributed by atoms with Gasteiger partial charge in [-0.3, -0.25) is 4.99 Å². The first kappa shape index (κ1) is 8.50. The van der Waals surface area contributed by atoms with Crippen molar-refractivity contribution in [3.05, 3.63) is 24.9 Å². The Labute approximate surface area is 60.6 Å². The van der Waals surface area contributed by atoms with Gasteiger partial charge in [0.15, 0.2) is 0 Å². The fourth-order valence-electron chi connectivity index (χ4n) is 0.262. The predicted octanol–water partition coefficient (Wildman–Crippen LogP) is 2.47. The number of hydrogen-bond donors (Lipinski definition) is 0. The molecule has 0 rings (SSSR count). The molecule has 0 fully saturated rings. The van der Waals surface area contributed by atoms with Crippen LogP contribution in [0.4, 0.5) is 0 Å². The van der Waals surface area contributed by atoms with Crippen molar-refractivity contribution in [1.29, 1.82) is 0 Å². The first-order valence-electron chi connectivity index (χ1n) is 2.67. The molecule has 50 valence electrons. The molecular formula is C7H11NS. The first-order valence-corrected chi connectivity index (χ1v) is 3.89. The summed E-state index contributed by atoms with van der Waals surface area (Å²) in [6.07, 6.45) is 7.25. The second-order valence-electron chi connectivity index (χ2n) is 1.43. The van der Waals surface area contributed by atoms with E-state index in [0.717, 1.165) is 5.04 Å². The van der Waals surface area contributed by atoms with Crippen molar-refractivity contribution in [1.82, 2.24) is 0 Å². The number of allylic oxidation sites excluding steroid dienone is 2. The van der Waals surface area contributed by atoms with Crippen LogP contribution >= 0.6 is 11.8 Å².